The lowest BCUT2D eigenvalue weighted by Gasteiger charge is -1.98. The lowest BCUT2D eigenvalue weighted by molar-refractivity contribution is 0.0689. The summed E-state index contributed by atoms with van der Waals surface area (Å²) >= 11 is 9.21. The second-order valence-corrected chi connectivity index (χ2v) is 4.62. The predicted octanol–water partition coefficient (Wildman–Crippen LogP) is 3.76. The summed E-state index contributed by atoms with van der Waals surface area (Å²) < 4.78 is 6.05. The number of carboxylic acids is 1. The Morgan fingerprint density at radius 2 is 2.24 bits per heavy atom. The van der Waals surface area contributed by atoms with Crippen molar-refractivity contribution in [3.8, 4) is 11.5 Å². The van der Waals surface area contributed by atoms with Crippen LogP contribution in [-0.2, 0) is 0 Å². The van der Waals surface area contributed by atoms with Gasteiger partial charge in [0.25, 0.3) is 0 Å². The summed E-state index contributed by atoms with van der Waals surface area (Å²) in [6.07, 6.45) is 0. The fourth-order valence-corrected chi connectivity index (χ4v) is 1.77. The Morgan fingerprint density at radius 1 is 1.53 bits per heavy atom. The number of carbonyl (C=O) groups is 1. The molecule has 1 aromatic heterocycles. The van der Waals surface area contributed by atoms with Crippen molar-refractivity contribution in [2.75, 3.05) is 0 Å². The molecule has 0 spiro atoms. The van der Waals surface area contributed by atoms with Gasteiger partial charge >= 0.3 is 5.97 Å². The van der Waals surface area contributed by atoms with Crippen LogP contribution in [-0.4, -0.2) is 16.1 Å². The molecule has 17 heavy (non-hydrogen) atoms. The molecule has 2 rings (SSSR count). The summed E-state index contributed by atoms with van der Waals surface area (Å²) in [4.78, 5) is 14.7. The number of halogens is 2. The molecule has 1 N–H and O–H groups in total. The SMILES string of the molecule is Cc1oc(-c2ccc(Br)c(Cl)c2)nc1C(=O)O. The number of nitrogens with zero attached hydrogens (tertiary/aromatic N) is 1. The van der Waals surface area contributed by atoms with E-state index in [1.165, 1.54) is 0 Å². The molecule has 0 amide bonds. The quantitative estimate of drug-likeness (QED) is 0.916. The molecule has 0 saturated carbocycles. The first-order valence-electron chi connectivity index (χ1n) is 4.65. The van der Waals surface area contributed by atoms with Crippen LogP contribution < -0.4 is 0 Å². The van der Waals surface area contributed by atoms with Crippen LogP contribution in [0.1, 0.15) is 16.2 Å². The van der Waals surface area contributed by atoms with Crippen LogP contribution in [0.5, 0.6) is 0 Å². The van der Waals surface area contributed by atoms with Crippen molar-refractivity contribution in [3.05, 3.63) is 39.1 Å². The second-order valence-electron chi connectivity index (χ2n) is 3.36. The smallest absolute Gasteiger partial charge is 0.358 e. The number of hydrogen-bond donors (Lipinski definition) is 1. The fourth-order valence-electron chi connectivity index (χ4n) is 1.35. The van der Waals surface area contributed by atoms with E-state index in [0.717, 1.165) is 4.47 Å². The van der Waals surface area contributed by atoms with Gasteiger partial charge in [0.15, 0.2) is 5.69 Å². The number of rotatable bonds is 2. The highest BCUT2D eigenvalue weighted by molar-refractivity contribution is 9.10. The molecular weight excluding hydrogens is 309 g/mol. The third-order valence-corrected chi connectivity index (χ3v) is 3.40. The van der Waals surface area contributed by atoms with Gasteiger partial charge in [-0.15, -0.1) is 0 Å². The van der Waals surface area contributed by atoms with Gasteiger partial charge in [0, 0.05) is 10.0 Å². The van der Waals surface area contributed by atoms with Gasteiger partial charge < -0.3 is 9.52 Å². The highest BCUT2D eigenvalue weighted by atomic mass is 79.9. The van der Waals surface area contributed by atoms with Crippen LogP contribution in [0.4, 0.5) is 0 Å². The molecule has 88 valence electrons. The summed E-state index contributed by atoms with van der Waals surface area (Å²) in [5.41, 5.74) is 0.549. The van der Waals surface area contributed by atoms with E-state index in [2.05, 4.69) is 20.9 Å². The predicted molar refractivity (Wildman–Crippen MR) is 66.3 cm³/mol. The Bertz CT molecular complexity index is 594. The van der Waals surface area contributed by atoms with Gasteiger partial charge in [-0.1, -0.05) is 11.6 Å². The monoisotopic (exact) mass is 315 g/mol. The first kappa shape index (κ1) is 12.1. The fraction of sp³-hybridized carbons (Fsp3) is 0.0909. The van der Waals surface area contributed by atoms with Crippen LogP contribution in [0, 0.1) is 6.92 Å². The van der Waals surface area contributed by atoms with Gasteiger partial charge in [-0.05, 0) is 41.1 Å². The maximum atomic E-state index is 10.8. The minimum absolute atomic E-state index is 0.0842. The van der Waals surface area contributed by atoms with E-state index >= 15 is 0 Å². The van der Waals surface area contributed by atoms with Crippen molar-refractivity contribution in [2.24, 2.45) is 0 Å². The maximum Gasteiger partial charge on any atom is 0.358 e. The van der Waals surface area contributed by atoms with Crippen molar-refractivity contribution in [3.63, 3.8) is 0 Å². The minimum Gasteiger partial charge on any atom is -0.476 e. The van der Waals surface area contributed by atoms with Gasteiger partial charge in [0.2, 0.25) is 5.89 Å². The highest BCUT2D eigenvalue weighted by Gasteiger charge is 2.17. The first-order chi connectivity index (χ1) is 7.99. The third-order valence-electron chi connectivity index (χ3n) is 2.17. The first-order valence-corrected chi connectivity index (χ1v) is 5.82. The number of hydrogen-bond acceptors (Lipinski definition) is 3. The minimum atomic E-state index is -1.11. The molecule has 0 bridgehead atoms. The van der Waals surface area contributed by atoms with E-state index in [4.69, 9.17) is 21.1 Å². The number of aromatic carboxylic acids is 1. The summed E-state index contributed by atoms with van der Waals surface area (Å²) in [5, 5.41) is 9.38. The van der Waals surface area contributed by atoms with E-state index in [0.29, 0.717) is 10.6 Å². The Kier molecular flexibility index (Phi) is 3.22. The van der Waals surface area contributed by atoms with E-state index in [9.17, 15) is 4.79 Å². The van der Waals surface area contributed by atoms with Crippen LogP contribution in [0.3, 0.4) is 0 Å². The van der Waals surface area contributed by atoms with E-state index < -0.39 is 5.97 Å². The number of benzene rings is 1. The van der Waals surface area contributed by atoms with Crippen molar-refractivity contribution >= 4 is 33.5 Å². The molecule has 6 heteroatoms. The van der Waals surface area contributed by atoms with Gasteiger partial charge in [0.1, 0.15) is 5.76 Å². The average molecular weight is 317 g/mol. The number of aryl methyl sites for hydroxylation is 1. The number of carboxylic acid groups (broad SMARTS) is 1. The topological polar surface area (TPSA) is 63.3 Å². The van der Waals surface area contributed by atoms with Crippen LogP contribution in [0.2, 0.25) is 5.02 Å². The lowest BCUT2D eigenvalue weighted by atomic mass is 10.2. The third kappa shape index (κ3) is 2.35. The summed E-state index contributed by atoms with van der Waals surface area (Å²) in [6.45, 7) is 1.56. The standard InChI is InChI=1S/C11H7BrClNO3/c1-5-9(11(15)16)14-10(17-5)6-2-3-7(12)8(13)4-6/h2-4H,1H3,(H,15,16). The molecule has 1 aromatic carbocycles. The highest BCUT2D eigenvalue weighted by Crippen LogP contribution is 2.29. The molecule has 2 aromatic rings. The van der Waals surface area contributed by atoms with E-state index in [1.54, 1.807) is 25.1 Å². The second kappa shape index (κ2) is 4.50. The summed E-state index contributed by atoms with van der Waals surface area (Å²) in [6, 6.07) is 5.15. The van der Waals surface area contributed by atoms with Gasteiger partial charge in [0.05, 0.1) is 5.02 Å². The van der Waals surface area contributed by atoms with Gasteiger partial charge in [-0.25, -0.2) is 9.78 Å². The average Bonchev–Trinajstić information content (AvgIpc) is 2.64. The Morgan fingerprint density at radius 3 is 2.76 bits per heavy atom. The molecular formula is C11H7BrClNO3. The molecule has 0 aliphatic heterocycles. The molecule has 1 heterocycles. The largest absolute Gasteiger partial charge is 0.476 e. The molecule has 0 unspecified atom stereocenters. The molecule has 4 nitrogen and oxygen atoms in total. The Balaban J connectivity index is 2.50. The van der Waals surface area contributed by atoms with Gasteiger partial charge in [-0.3, -0.25) is 0 Å². The molecule has 0 aliphatic carbocycles. The summed E-state index contributed by atoms with van der Waals surface area (Å²) in [7, 11) is 0. The summed E-state index contributed by atoms with van der Waals surface area (Å²) in [5.74, 6) is -0.596. The van der Waals surface area contributed by atoms with Crippen molar-refractivity contribution < 1.29 is 14.3 Å². The molecule has 0 atom stereocenters. The normalized spacial score (nSPS) is 10.5. The van der Waals surface area contributed by atoms with E-state index in [-0.39, 0.29) is 17.3 Å². The number of oxazole rings is 1. The van der Waals surface area contributed by atoms with Crippen molar-refractivity contribution in [2.45, 2.75) is 6.92 Å². The molecule has 0 fully saturated rings. The Labute approximate surface area is 110 Å². The zero-order valence-corrected chi connectivity index (χ0v) is 11.0. The van der Waals surface area contributed by atoms with Crippen molar-refractivity contribution in [1.82, 2.24) is 4.98 Å². The molecule has 0 aliphatic rings. The Hall–Kier alpha value is -1.33. The maximum absolute atomic E-state index is 10.8. The zero-order valence-electron chi connectivity index (χ0n) is 8.70. The van der Waals surface area contributed by atoms with E-state index in [1.807, 2.05) is 0 Å². The van der Waals surface area contributed by atoms with Crippen LogP contribution >= 0.6 is 27.5 Å². The van der Waals surface area contributed by atoms with Crippen LogP contribution in [0.25, 0.3) is 11.5 Å². The molecule has 0 saturated heterocycles. The lowest BCUT2D eigenvalue weighted by Crippen LogP contribution is -1.98. The number of aromatic nitrogens is 1. The van der Waals surface area contributed by atoms with Crippen LogP contribution in [0.15, 0.2) is 27.1 Å². The zero-order chi connectivity index (χ0) is 12.6. The molecule has 0 radical (unpaired) electrons. The van der Waals surface area contributed by atoms with Gasteiger partial charge in [-0.2, -0.15) is 0 Å². The van der Waals surface area contributed by atoms with Crippen molar-refractivity contribution in [1.29, 1.82) is 0 Å².